The van der Waals surface area contributed by atoms with E-state index in [1.807, 2.05) is 18.0 Å². The molecule has 1 spiro atoms. The van der Waals surface area contributed by atoms with Crippen LogP contribution in [0.1, 0.15) is 56.9 Å². The number of hydrogen-bond donors (Lipinski definition) is 3. The van der Waals surface area contributed by atoms with E-state index in [0.29, 0.717) is 19.6 Å². The summed E-state index contributed by atoms with van der Waals surface area (Å²) in [5.41, 5.74) is 5.45. The summed E-state index contributed by atoms with van der Waals surface area (Å²) in [6.45, 7) is 1.33. The molecule has 7 nitrogen and oxygen atoms in total. The Balaban J connectivity index is 1.56. The summed E-state index contributed by atoms with van der Waals surface area (Å²) in [5, 5.41) is 14.4. The molecular weight excluding hydrogens is 380 g/mol. The lowest BCUT2D eigenvalue weighted by atomic mass is 9.68. The summed E-state index contributed by atoms with van der Waals surface area (Å²) in [7, 11) is 2.01. The Labute approximate surface area is 178 Å². The summed E-state index contributed by atoms with van der Waals surface area (Å²) in [6.07, 6.45) is 6.23. The summed E-state index contributed by atoms with van der Waals surface area (Å²) in [6, 6.07) is 10.5. The second-order valence-electron chi connectivity index (χ2n) is 9.51. The van der Waals surface area contributed by atoms with Gasteiger partial charge in [-0.15, -0.1) is 0 Å². The van der Waals surface area contributed by atoms with E-state index < -0.39 is 11.5 Å². The molecule has 2 saturated carbocycles. The number of primary amides is 1. The van der Waals surface area contributed by atoms with Crippen LogP contribution >= 0.6 is 0 Å². The molecule has 4 N–H and O–H groups in total. The van der Waals surface area contributed by atoms with Gasteiger partial charge in [-0.1, -0.05) is 30.3 Å². The maximum Gasteiger partial charge on any atom is 0.320 e. The molecule has 7 heteroatoms. The lowest BCUT2D eigenvalue weighted by Gasteiger charge is -2.50. The van der Waals surface area contributed by atoms with Crippen molar-refractivity contribution in [1.82, 2.24) is 15.1 Å². The van der Waals surface area contributed by atoms with E-state index in [0.717, 1.165) is 44.9 Å². The van der Waals surface area contributed by atoms with Crippen molar-refractivity contribution in [3.8, 4) is 0 Å². The first-order valence-corrected chi connectivity index (χ1v) is 11.1. The van der Waals surface area contributed by atoms with Gasteiger partial charge in [-0.05, 0) is 57.6 Å². The van der Waals surface area contributed by atoms with Crippen molar-refractivity contribution in [2.24, 2.45) is 5.73 Å². The molecule has 0 bridgehead atoms. The van der Waals surface area contributed by atoms with Crippen molar-refractivity contribution in [2.45, 2.75) is 68.0 Å². The largest absolute Gasteiger partial charge is 0.388 e. The first kappa shape index (κ1) is 21.1. The van der Waals surface area contributed by atoms with Gasteiger partial charge in [0.15, 0.2) is 0 Å². The minimum atomic E-state index is -0.765. The molecule has 164 valence electrons. The van der Waals surface area contributed by atoms with Crippen molar-refractivity contribution in [3.05, 3.63) is 35.9 Å². The number of amides is 3. The van der Waals surface area contributed by atoms with E-state index in [9.17, 15) is 14.7 Å². The zero-order valence-electron chi connectivity index (χ0n) is 17.9. The fraction of sp³-hybridized carbons (Fsp3) is 0.652. The molecule has 0 atom stereocenters. The number of β-amino-alcohol motifs (C(OH)–C–C–N with tert-alkyl or cyclic N) is 1. The lowest BCUT2D eigenvalue weighted by molar-refractivity contribution is -0.118. The second-order valence-corrected chi connectivity index (χ2v) is 9.51. The van der Waals surface area contributed by atoms with Crippen LogP contribution in [0.4, 0.5) is 4.79 Å². The number of benzene rings is 1. The van der Waals surface area contributed by atoms with E-state index in [-0.39, 0.29) is 23.5 Å². The first-order chi connectivity index (χ1) is 14.3. The predicted octanol–water partition coefficient (Wildman–Crippen LogP) is 1.94. The average Bonchev–Trinajstić information content (AvgIpc) is 2.98. The molecule has 30 heavy (non-hydrogen) atoms. The van der Waals surface area contributed by atoms with Crippen LogP contribution in [0.2, 0.25) is 0 Å². The highest BCUT2D eigenvalue weighted by atomic mass is 16.3. The van der Waals surface area contributed by atoms with Gasteiger partial charge in [0.05, 0.1) is 17.7 Å². The highest BCUT2D eigenvalue weighted by Gasteiger charge is 2.55. The molecule has 1 aromatic carbocycles. The number of nitrogens with two attached hydrogens (primary N) is 1. The number of hydrogen-bond acceptors (Lipinski definition) is 4. The van der Waals surface area contributed by atoms with E-state index in [1.54, 1.807) is 4.90 Å². The fourth-order valence-electron chi connectivity index (χ4n) is 5.58. The molecule has 0 radical (unpaired) electrons. The van der Waals surface area contributed by atoms with Gasteiger partial charge in [0, 0.05) is 25.0 Å². The van der Waals surface area contributed by atoms with Gasteiger partial charge in [0.2, 0.25) is 5.91 Å². The molecule has 1 aromatic rings. The highest BCUT2D eigenvalue weighted by Crippen LogP contribution is 2.48. The number of nitrogens with zero attached hydrogens (tertiary/aromatic N) is 2. The van der Waals surface area contributed by atoms with Gasteiger partial charge >= 0.3 is 6.03 Å². The molecule has 4 rings (SSSR count). The number of urea groups is 1. The smallest absolute Gasteiger partial charge is 0.320 e. The number of rotatable bonds is 7. The zero-order chi connectivity index (χ0) is 21.4. The Morgan fingerprint density at radius 1 is 1.13 bits per heavy atom. The third-order valence-electron chi connectivity index (χ3n) is 7.76. The summed E-state index contributed by atoms with van der Waals surface area (Å²) in [4.78, 5) is 28.3. The van der Waals surface area contributed by atoms with Crippen molar-refractivity contribution in [1.29, 1.82) is 0 Å². The Bertz CT molecular complexity index is 785. The summed E-state index contributed by atoms with van der Waals surface area (Å²) < 4.78 is 0. The van der Waals surface area contributed by atoms with Crippen molar-refractivity contribution in [3.63, 3.8) is 0 Å². The first-order valence-electron chi connectivity index (χ1n) is 11.1. The molecular formula is C23H34N4O3. The van der Waals surface area contributed by atoms with Crippen LogP contribution in [-0.4, -0.2) is 64.7 Å². The van der Waals surface area contributed by atoms with Crippen LogP contribution in [-0.2, 0) is 10.3 Å². The second kappa shape index (κ2) is 7.85. The molecule has 3 fully saturated rings. The van der Waals surface area contributed by atoms with E-state index in [4.69, 9.17) is 5.73 Å². The fourth-order valence-corrected chi connectivity index (χ4v) is 5.58. The van der Waals surface area contributed by atoms with Crippen LogP contribution in [0.25, 0.3) is 0 Å². The van der Waals surface area contributed by atoms with Gasteiger partial charge < -0.3 is 26.0 Å². The van der Waals surface area contributed by atoms with Crippen LogP contribution in [0.3, 0.4) is 0 Å². The molecule has 3 amide bonds. The molecule has 0 aromatic heterocycles. The van der Waals surface area contributed by atoms with E-state index >= 15 is 0 Å². The van der Waals surface area contributed by atoms with Crippen LogP contribution in [0.5, 0.6) is 0 Å². The van der Waals surface area contributed by atoms with Gasteiger partial charge in [-0.25, -0.2) is 4.79 Å². The average molecular weight is 415 g/mol. The maximum absolute atomic E-state index is 13.3. The maximum atomic E-state index is 13.3. The van der Waals surface area contributed by atoms with Crippen molar-refractivity contribution < 1.29 is 14.7 Å². The van der Waals surface area contributed by atoms with Crippen LogP contribution in [0, 0.1) is 0 Å². The van der Waals surface area contributed by atoms with Gasteiger partial charge in [-0.2, -0.15) is 0 Å². The standard InChI is InChI=1S/C23H34N4O3/c1-25-23(18-6-3-2-4-7-18)13-11-21(12-14-23)16-26(15-8-19(24)28)20(29)27(21)17-22(30)9-5-10-22/h2-4,6-7,25,30H,5,8-17H2,1H3,(H2,24,28)/t21-,23+. The Morgan fingerprint density at radius 2 is 1.80 bits per heavy atom. The van der Waals surface area contributed by atoms with Crippen molar-refractivity contribution >= 4 is 11.9 Å². The Kier molecular flexibility index (Phi) is 5.53. The molecule has 1 aliphatic heterocycles. The zero-order valence-corrected chi connectivity index (χ0v) is 17.9. The number of carbonyl (C=O) groups is 2. The lowest BCUT2D eigenvalue weighted by Crippen LogP contribution is -2.59. The van der Waals surface area contributed by atoms with Gasteiger partial charge in [0.1, 0.15) is 0 Å². The molecule has 2 aliphatic carbocycles. The van der Waals surface area contributed by atoms with E-state index in [2.05, 4.69) is 29.6 Å². The Hall–Kier alpha value is -2.12. The van der Waals surface area contributed by atoms with Gasteiger partial charge in [-0.3, -0.25) is 4.79 Å². The summed E-state index contributed by atoms with van der Waals surface area (Å²) in [5.74, 6) is -0.394. The van der Waals surface area contributed by atoms with Crippen LogP contribution in [0.15, 0.2) is 30.3 Å². The number of carbonyl (C=O) groups excluding carboxylic acids is 2. The monoisotopic (exact) mass is 414 g/mol. The highest BCUT2D eigenvalue weighted by molar-refractivity contribution is 5.80. The number of aliphatic hydroxyl groups is 1. The quantitative estimate of drug-likeness (QED) is 0.635. The third-order valence-corrected chi connectivity index (χ3v) is 7.76. The predicted molar refractivity (Wildman–Crippen MR) is 115 cm³/mol. The molecule has 1 saturated heterocycles. The Morgan fingerprint density at radius 3 is 2.33 bits per heavy atom. The van der Waals surface area contributed by atoms with E-state index in [1.165, 1.54) is 5.56 Å². The summed E-state index contributed by atoms with van der Waals surface area (Å²) >= 11 is 0. The van der Waals surface area contributed by atoms with Crippen molar-refractivity contribution in [2.75, 3.05) is 26.7 Å². The SMILES string of the molecule is CN[C@]1(c2ccccc2)CC[C@]2(CC1)CN(CCC(N)=O)C(=O)N2CC1(O)CCC1. The van der Waals surface area contributed by atoms with Crippen LogP contribution < -0.4 is 11.1 Å². The van der Waals surface area contributed by atoms with Gasteiger partial charge in [0.25, 0.3) is 0 Å². The number of nitrogens with one attached hydrogen (secondary N) is 1. The minimum Gasteiger partial charge on any atom is -0.388 e. The molecule has 3 aliphatic rings. The minimum absolute atomic E-state index is 0.0618. The molecule has 0 unspecified atom stereocenters. The topological polar surface area (TPSA) is 98.9 Å². The normalized spacial score (nSPS) is 30.5. The molecule has 1 heterocycles. The third kappa shape index (κ3) is 3.69.